The number of hydrogen-bond acceptors (Lipinski definition) is 1. The number of hydrogen-bond donors (Lipinski definition) is 0. The summed E-state index contributed by atoms with van der Waals surface area (Å²) in [5.74, 6) is 1.40. The standard InChI is InChI=1S/C28H32F3N2/c1-3-21-18-33(17-20-12-19(2)13-24(14-20)28(29,30)31)11-9-22(21)15-25(33)16-23-8-10-32-27-7-5-4-6-26(23)27/h4-8,10,12-14,21-22,25H,3,9,11,15-18H2,1-2H3/q+1. The van der Waals surface area contributed by atoms with E-state index in [-0.39, 0.29) is 0 Å². The number of alkyl halides is 3. The first-order chi connectivity index (χ1) is 15.8. The van der Waals surface area contributed by atoms with Crippen molar-refractivity contribution in [3.8, 4) is 0 Å². The van der Waals surface area contributed by atoms with Crippen molar-refractivity contribution in [2.24, 2.45) is 11.8 Å². The van der Waals surface area contributed by atoms with Crippen molar-refractivity contribution in [1.82, 2.24) is 4.98 Å². The van der Waals surface area contributed by atoms with Gasteiger partial charge in [0.1, 0.15) is 6.54 Å². The SMILES string of the molecule is CCC1C[N+]2(Cc3cc(C)cc(C(F)(F)F)c3)CCC1CC2Cc1ccnc2ccccc12. The lowest BCUT2D eigenvalue weighted by atomic mass is 9.71. The van der Waals surface area contributed by atoms with Gasteiger partial charge in [-0.1, -0.05) is 36.8 Å². The van der Waals surface area contributed by atoms with Crippen LogP contribution in [0.2, 0.25) is 0 Å². The summed E-state index contributed by atoms with van der Waals surface area (Å²) < 4.78 is 41.5. The number of quaternary nitrogens is 1. The molecule has 174 valence electrons. The summed E-state index contributed by atoms with van der Waals surface area (Å²) in [7, 11) is 0. The van der Waals surface area contributed by atoms with Crippen LogP contribution in [0.5, 0.6) is 0 Å². The molecule has 2 aromatic carbocycles. The number of para-hydroxylation sites is 1. The quantitative estimate of drug-likeness (QED) is 0.381. The Kier molecular flexibility index (Phi) is 5.72. The van der Waals surface area contributed by atoms with Crippen LogP contribution in [-0.2, 0) is 19.1 Å². The fraction of sp³-hybridized carbons (Fsp3) is 0.464. The van der Waals surface area contributed by atoms with E-state index in [9.17, 15) is 13.2 Å². The van der Waals surface area contributed by atoms with E-state index in [0.717, 1.165) is 53.8 Å². The lowest BCUT2D eigenvalue weighted by Gasteiger charge is -2.57. The first-order valence-corrected chi connectivity index (χ1v) is 12.1. The number of benzene rings is 2. The summed E-state index contributed by atoms with van der Waals surface area (Å²) in [6.45, 7) is 6.86. The number of aromatic nitrogens is 1. The van der Waals surface area contributed by atoms with E-state index in [1.165, 1.54) is 29.5 Å². The van der Waals surface area contributed by atoms with Gasteiger partial charge in [0.15, 0.2) is 0 Å². The van der Waals surface area contributed by atoms with Gasteiger partial charge in [0.25, 0.3) is 0 Å². The Morgan fingerprint density at radius 3 is 2.70 bits per heavy atom. The smallest absolute Gasteiger partial charge is 0.317 e. The molecule has 0 aliphatic carbocycles. The van der Waals surface area contributed by atoms with E-state index < -0.39 is 11.7 Å². The molecule has 2 bridgehead atoms. The highest BCUT2D eigenvalue weighted by molar-refractivity contribution is 5.81. The van der Waals surface area contributed by atoms with Crippen molar-refractivity contribution in [2.45, 2.75) is 58.3 Å². The molecule has 5 heteroatoms. The second-order valence-corrected chi connectivity index (χ2v) is 10.3. The Balaban J connectivity index is 1.51. The van der Waals surface area contributed by atoms with Crippen LogP contribution in [0.3, 0.4) is 0 Å². The summed E-state index contributed by atoms with van der Waals surface area (Å²) in [6, 6.07) is 15.4. The number of nitrogens with zero attached hydrogens (tertiary/aromatic N) is 2. The van der Waals surface area contributed by atoms with Crippen LogP contribution in [0.1, 0.15) is 48.4 Å². The maximum atomic E-state index is 13.5. The third-order valence-corrected chi connectivity index (χ3v) is 8.24. The highest BCUT2D eigenvalue weighted by Gasteiger charge is 2.51. The third-order valence-electron chi connectivity index (χ3n) is 8.24. The van der Waals surface area contributed by atoms with E-state index in [1.807, 2.05) is 18.3 Å². The molecule has 3 fully saturated rings. The van der Waals surface area contributed by atoms with E-state index in [1.54, 1.807) is 6.92 Å². The number of fused-ring (bicyclic) bond motifs is 4. The van der Waals surface area contributed by atoms with Crippen molar-refractivity contribution in [2.75, 3.05) is 13.1 Å². The van der Waals surface area contributed by atoms with E-state index in [2.05, 4.69) is 36.2 Å². The minimum atomic E-state index is -4.31. The average Bonchev–Trinajstić information content (AvgIpc) is 2.79. The van der Waals surface area contributed by atoms with Crippen molar-refractivity contribution < 1.29 is 17.7 Å². The van der Waals surface area contributed by atoms with Crippen molar-refractivity contribution in [3.63, 3.8) is 0 Å². The molecule has 0 spiro atoms. The molecule has 3 aliphatic rings. The van der Waals surface area contributed by atoms with Crippen LogP contribution in [0.25, 0.3) is 10.9 Å². The van der Waals surface area contributed by atoms with Gasteiger partial charge in [-0.05, 0) is 49.1 Å². The predicted octanol–water partition coefficient (Wildman–Crippen LogP) is 6.94. The van der Waals surface area contributed by atoms with Gasteiger partial charge in [0, 0.05) is 42.3 Å². The van der Waals surface area contributed by atoms with Gasteiger partial charge in [-0.15, -0.1) is 0 Å². The number of pyridine rings is 1. The Hall–Kier alpha value is -2.40. The Labute approximate surface area is 194 Å². The average molecular weight is 454 g/mol. The minimum Gasteiger partial charge on any atom is -0.317 e. The summed E-state index contributed by atoms with van der Waals surface area (Å²) in [6.07, 6.45) is 2.03. The van der Waals surface area contributed by atoms with Gasteiger partial charge in [0.2, 0.25) is 0 Å². The molecule has 0 amide bonds. The number of aryl methyl sites for hydroxylation is 1. The molecule has 3 aromatic rings. The third kappa shape index (κ3) is 4.28. The first kappa shape index (κ1) is 22.4. The Morgan fingerprint density at radius 2 is 1.91 bits per heavy atom. The molecule has 4 atom stereocenters. The van der Waals surface area contributed by atoms with Crippen molar-refractivity contribution in [3.05, 3.63) is 77.0 Å². The maximum Gasteiger partial charge on any atom is 0.416 e. The van der Waals surface area contributed by atoms with E-state index in [4.69, 9.17) is 0 Å². The zero-order chi connectivity index (χ0) is 23.2. The first-order valence-electron chi connectivity index (χ1n) is 12.1. The van der Waals surface area contributed by atoms with Crippen LogP contribution in [0.4, 0.5) is 13.2 Å². The van der Waals surface area contributed by atoms with Crippen LogP contribution in [0, 0.1) is 18.8 Å². The second-order valence-electron chi connectivity index (χ2n) is 10.3. The second kappa shape index (κ2) is 8.43. The summed E-state index contributed by atoms with van der Waals surface area (Å²) >= 11 is 0. The number of rotatable bonds is 5. The largest absolute Gasteiger partial charge is 0.416 e. The fourth-order valence-corrected chi connectivity index (χ4v) is 6.66. The Bertz CT molecular complexity index is 1150. The maximum absolute atomic E-state index is 13.5. The van der Waals surface area contributed by atoms with E-state index >= 15 is 0 Å². The zero-order valence-corrected chi connectivity index (χ0v) is 19.4. The molecule has 4 unspecified atom stereocenters. The highest BCUT2D eigenvalue weighted by atomic mass is 19.4. The van der Waals surface area contributed by atoms with Gasteiger partial charge < -0.3 is 4.48 Å². The molecule has 2 nitrogen and oxygen atoms in total. The van der Waals surface area contributed by atoms with Crippen LogP contribution in [0.15, 0.2) is 54.7 Å². The molecule has 1 aromatic heterocycles. The van der Waals surface area contributed by atoms with Gasteiger partial charge in [-0.2, -0.15) is 13.2 Å². The van der Waals surface area contributed by atoms with Crippen molar-refractivity contribution >= 4 is 10.9 Å². The highest BCUT2D eigenvalue weighted by Crippen LogP contribution is 2.46. The molecule has 33 heavy (non-hydrogen) atoms. The van der Waals surface area contributed by atoms with Crippen LogP contribution in [-0.4, -0.2) is 28.6 Å². The predicted molar refractivity (Wildman–Crippen MR) is 126 cm³/mol. The van der Waals surface area contributed by atoms with Gasteiger partial charge in [-0.3, -0.25) is 4.98 Å². The molecular weight excluding hydrogens is 421 g/mol. The van der Waals surface area contributed by atoms with Crippen LogP contribution < -0.4 is 0 Å². The lowest BCUT2D eigenvalue weighted by Crippen LogP contribution is -2.66. The van der Waals surface area contributed by atoms with Crippen LogP contribution >= 0.6 is 0 Å². The van der Waals surface area contributed by atoms with Gasteiger partial charge in [0.05, 0.1) is 30.2 Å². The van der Waals surface area contributed by atoms with Gasteiger partial charge >= 0.3 is 6.18 Å². The summed E-state index contributed by atoms with van der Waals surface area (Å²) in [4.78, 5) is 4.52. The monoisotopic (exact) mass is 453 g/mol. The number of halogens is 3. The summed E-state index contributed by atoms with van der Waals surface area (Å²) in [5, 5.41) is 1.20. The molecule has 6 rings (SSSR count). The Morgan fingerprint density at radius 1 is 1.09 bits per heavy atom. The molecule has 4 heterocycles. The normalized spacial score (nSPS) is 27.2. The molecular formula is C28H32F3N2+. The summed E-state index contributed by atoms with van der Waals surface area (Å²) in [5.41, 5.74) is 3.31. The topological polar surface area (TPSA) is 12.9 Å². The molecule has 0 saturated carbocycles. The molecule has 3 aliphatic heterocycles. The number of piperidine rings is 3. The fourth-order valence-electron chi connectivity index (χ4n) is 6.66. The van der Waals surface area contributed by atoms with E-state index in [0.29, 0.717) is 24.1 Å². The lowest BCUT2D eigenvalue weighted by molar-refractivity contribution is -0.982. The minimum absolute atomic E-state index is 0.423. The van der Waals surface area contributed by atoms with Gasteiger partial charge in [-0.25, -0.2) is 0 Å². The van der Waals surface area contributed by atoms with Crippen molar-refractivity contribution in [1.29, 1.82) is 0 Å². The molecule has 3 saturated heterocycles. The molecule has 0 N–H and O–H groups in total. The zero-order valence-electron chi connectivity index (χ0n) is 19.4. The molecule has 0 radical (unpaired) electrons.